The average Bonchev–Trinajstić information content (AvgIpc) is 2.71. The van der Waals surface area contributed by atoms with Crippen LogP contribution in [0.3, 0.4) is 0 Å². The molecule has 2 aromatic carbocycles. The van der Waals surface area contributed by atoms with Crippen LogP contribution < -0.4 is 0 Å². The molecule has 154 valence electrons. The number of carboxylic acid groups (broad SMARTS) is 2. The predicted octanol–water partition coefficient (Wildman–Crippen LogP) is 2.08. The summed E-state index contributed by atoms with van der Waals surface area (Å²) in [5.41, 5.74) is 1.17. The zero-order valence-electron chi connectivity index (χ0n) is 15.4. The molecule has 1 aliphatic rings. The van der Waals surface area contributed by atoms with Crippen LogP contribution in [0.4, 0.5) is 8.78 Å². The van der Waals surface area contributed by atoms with Crippen LogP contribution in [0, 0.1) is 11.6 Å². The van der Waals surface area contributed by atoms with Gasteiger partial charge in [0.2, 0.25) is 0 Å². The molecule has 0 aromatic heterocycles. The number of carbonyl (C=O) groups excluding carboxylic acids is 1. The molecule has 2 aromatic rings. The Morgan fingerprint density at radius 1 is 0.828 bits per heavy atom. The fraction of sp³-hybridized carbons (Fsp3) is 0.250. The van der Waals surface area contributed by atoms with Crippen LogP contribution in [0.5, 0.6) is 0 Å². The maximum atomic E-state index is 13.7. The number of piperazine rings is 1. The van der Waals surface area contributed by atoms with Crippen LogP contribution in [0.2, 0.25) is 0 Å². The molecule has 1 saturated heterocycles. The topological polar surface area (TPSA) is 98.1 Å². The molecule has 0 aliphatic carbocycles. The molecule has 0 atom stereocenters. The summed E-state index contributed by atoms with van der Waals surface area (Å²) in [6.07, 6.45) is 0. The number of carbonyl (C=O) groups is 3. The van der Waals surface area contributed by atoms with Crippen molar-refractivity contribution in [3.05, 3.63) is 71.3 Å². The number of hydrogen-bond donors (Lipinski definition) is 2. The molecule has 1 fully saturated rings. The minimum atomic E-state index is -1.82. The number of rotatable bonds is 3. The lowest BCUT2D eigenvalue weighted by molar-refractivity contribution is -0.159. The Hall–Kier alpha value is -3.33. The van der Waals surface area contributed by atoms with Crippen LogP contribution in [0.25, 0.3) is 0 Å². The SMILES string of the molecule is O=C(O)C(=O)O.O=C(c1ccc(F)cc1)N1CCN(Cc2ccccc2F)CC1. The number of nitrogens with zero attached hydrogens (tertiary/aromatic N) is 2. The molecule has 0 spiro atoms. The van der Waals surface area contributed by atoms with E-state index in [2.05, 4.69) is 4.90 Å². The molecule has 2 N–H and O–H groups in total. The maximum absolute atomic E-state index is 13.7. The van der Waals surface area contributed by atoms with E-state index >= 15 is 0 Å². The van der Waals surface area contributed by atoms with Crippen LogP contribution >= 0.6 is 0 Å². The van der Waals surface area contributed by atoms with Gasteiger partial charge in [-0.15, -0.1) is 0 Å². The molecule has 1 heterocycles. The third kappa shape index (κ3) is 6.65. The van der Waals surface area contributed by atoms with Gasteiger partial charge in [0.1, 0.15) is 11.6 Å². The molecule has 0 radical (unpaired) electrons. The molecular weight excluding hydrogens is 386 g/mol. The van der Waals surface area contributed by atoms with Crippen molar-refractivity contribution in [1.82, 2.24) is 9.80 Å². The molecule has 9 heteroatoms. The highest BCUT2D eigenvalue weighted by Crippen LogP contribution is 2.14. The number of carboxylic acids is 2. The normalized spacial score (nSPS) is 13.9. The second-order valence-electron chi connectivity index (χ2n) is 6.28. The first-order valence-corrected chi connectivity index (χ1v) is 8.74. The van der Waals surface area contributed by atoms with E-state index in [-0.39, 0.29) is 17.5 Å². The van der Waals surface area contributed by atoms with Crippen molar-refractivity contribution in [3.8, 4) is 0 Å². The quantitative estimate of drug-likeness (QED) is 0.758. The van der Waals surface area contributed by atoms with Gasteiger partial charge < -0.3 is 15.1 Å². The minimum Gasteiger partial charge on any atom is -0.473 e. The molecule has 0 bridgehead atoms. The fourth-order valence-corrected chi connectivity index (χ4v) is 2.75. The van der Waals surface area contributed by atoms with E-state index in [1.54, 1.807) is 17.0 Å². The van der Waals surface area contributed by atoms with Crippen LogP contribution in [0.1, 0.15) is 15.9 Å². The van der Waals surface area contributed by atoms with Crippen molar-refractivity contribution in [2.24, 2.45) is 0 Å². The van der Waals surface area contributed by atoms with E-state index in [0.717, 1.165) is 0 Å². The molecule has 7 nitrogen and oxygen atoms in total. The van der Waals surface area contributed by atoms with Gasteiger partial charge in [-0.05, 0) is 30.3 Å². The molecular formula is C20H20F2N2O5. The maximum Gasteiger partial charge on any atom is 0.414 e. The second-order valence-corrected chi connectivity index (χ2v) is 6.28. The number of hydrogen-bond acceptors (Lipinski definition) is 4. The lowest BCUT2D eigenvalue weighted by Gasteiger charge is -2.34. The Bertz CT molecular complexity index is 853. The smallest absolute Gasteiger partial charge is 0.414 e. The molecule has 0 unspecified atom stereocenters. The average molecular weight is 406 g/mol. The van der Waals surface area contributed by atoms with Crippen molar-refractivity contribution in [2.75, 3.05) is 26.2 Å². The predicted molar refractivity (Wildman–Crippen MR) is 99.3 cm³/mol. The van der Waals surface area contributed by atoms with E-state index in [1.807, 2.05) is 6.07 Å². The summed E-state index contributed by atoms with van der Waals surface area (Å²) in [6.45, 7) is 3.11. The first kappa shape index (κ1) is 22.0. The van der Waals surface area contributed by atoms with Crippen molar-refractivity contribution in [2.45, 2.75) is 6.54 Å². The summed E-state index contributed by atoms with van der Waals surface area (Å²) in [5, 5.41) is 14.8. The number of amides is 1. The zero-order chi connectivity index (χ0) is 21.4. The third-order valence-corrected chi connectivity index (χ3v) is 4.29. The first-order valence-electron chi connectivity index (χ1n) is 8.74. The van der Waals surface area contributed by atoms with Gasteiger partial charge in [0, 0.05) is 43.9 Å². The van der Waals surface area contributed by atoms with Gasteiger partial charge >= 0.3 is 11.9 Å². The summed E-state index contributed by atoms with van der Waals surface area (Å²) in [5.74, 6) is -4.28. The number of halogens is 2. The van der Waals surface area contributed by atoms with Gasteiger partial charge in [-0.25, -0.2) is 18.4 Å². The monoisotopic (exact) mass is 406 g/mol. The summed E-state index contributed by atoms with van der Waals surface area (Å²) >= 11 is 0. The van der Waals surface area contributed by atoms with Gasteiger partial charge in [-0.2, -0.15) is 0 Å². The molecule has 1 aliphatic heterocycles. The van der Waals surface area contributed by atoms with Gasteiger partial charge in [0.15, 0.2) is 0 Å². The van der Waals surface area contributed by atoms with Gasteiger partial charge in [0.05, 0.1) is 0 Å². The Morgan fingerprint density at radius 3 is 1.90 bits per heavy atom. The fourth-order valence-electron chi connectivity index (χ4n) is 2.75. The number of benzene rings is 2. The van der Waals surface area contributed by atoms with E-state index in [0.29, 0.717) is 43.9 Å². The van der Waals surface area contributed by atoms with Crippen LogP contribution in [-0.4, -0.2) is 64.0 Å². The van der Waals surface area contributed by atoms with E-state index < -0.39 is 11.9 Å². The lowest BCUT2D eigenvalue weighted by atomic mass is 10.1. The summed E-state index contributed by atoms with van der Waals surface area (Å²) in [4.78, 5) is 34.4. The Balaban J connectivity index is 0.000000438. The van der Waals surface area contributed by atoms with E-state index in [1.165, 1.54) is 30.3 Å². The highest BCUT2D eigenvalue weighted by Gasteiger charge is 2.22. The highest BCUT2D eigenvalue weighted by molar-refractivity contribution is 6.27. The van der Waals surface area contributed by atoms with Gasteiger partial charge in [-0.3, -0.25) is 9.69 Å². The Labute approximate surface area is 165 Å². The van der Waals surface area contributed by atoms with Crippen molar-refractivity contribution in [1.29, 1.82) is 0 Å². The largest absolute Gasteiger partial charge is 0.473 e. The second kappa shape index (κ2) is 10.3. The Morgan fingerprint density at radius 2 is 1.38 bits per heavy atom. The standard InChI is InChI=1S/C18H18F2N2O.C2H2O4/c19-16-7-5-14(6-8-16)18(23)22-11-9-21(10-12-22)13-15-3-1-2-4-17(15)20;3-1(4)2(5)6/h1-8H,9-13H2;(H,3,4)(H,5,6). The lowest BCUT2D eigenvalue weighted by Crippen LogP contribution is -2.48. The van der Waals surface area contributed by atoms with Crippen molar-refractivity contribution in [3.63, 3.8) is 0 Å². The zero-order valence-corrected chi connectivity index (χ0v) is 15.4. The van der Waals surface area contributed by atoms with Crippen molar-refractivity contribution >= 4 is 17.8 Å². The molecule has 29 heavy (non-hydrogen) atoms. The number of aliphatic carboxylic acids is 2. The van der Waals surface area contributed by atoms with E-state index in [9.17, 15) is 13.6 Å². The molecule has 0 saturated carbocycles. The third-order valence-electron chi connectivity index (χ3n) is 4.29. The molecule has 1 amide bonds. The highest BCUT2D eigenvalue weighted by atomic mass is 19.1. The van der Waals surface area contributed by atoms with Crippen LogP contribution in [0.15, 0.2) is 48.5 Å². The summed E-state index contributed by atoms with van der Waals surface area (Å²) in [7, 11) is 0. The first-order chi connectivity index (χ1) is 13.8. The van der Waals surface area contributed by atoms with Gasteiger partial charge in [-0.1, -0.05) is 18.2 Å². The van der Waals surface area contributed by atoms with Crippen molar-refractivity contribution < 1.29 is 33.4 Å². The van der Waals surface area contributed by atoms with Crippen LogP contribution in [-0.2, 0) is 16.1 Å². The summed E-state index contributed by atoms with van der Waals surface area (Å²) in [6, 6.07) is 12.3. The Kier molecular flexibility index (Phi) is 7.79. The molecule has 3 rings (SSSR count). The van der Waals surface area contributed by atoms with Gasteiger partial charge in [0.25, 0.3) is 5.91 Å². The summed E-state index contributed by atoms with van der Waals surface area (Å²) < 4.78 is 26.6. The van der Waals surface area contributed by atoms with E-state index in [4.69, 9.17) is 19.8 Å². The minimum absolute atomic E-state index is 0.0875.